The summed E-state index contributed by atoms with van der Waals surface area (Å²) in [5.41, 5.74) is 2.86. The van der Waals surface area contributed by atoms with E-state index in [1.807, 2.05) is 18.2 Å². The Balaban J connectivity index is 1.81. The topological polar surface area (TPSA) is 66.5 Å². The highest BCUT2D eigenvalue weighted by atomic mass is 32.1. The van der Waals surface area contributed by atoms with Gasteiger partial charge < -0.3 is 5.32 Å². The molecular formula is C20H16N2O3S2. The number of amides is 3. The fourth-order valence-corrected chi connectivity index (χ4v) is 3.18. The minimum Gasteiger partial charge on any atom is -0.326 e. The monoisotopic (exact) mass is 396 g/mol. The van der Waals surface area contributed by atoms with Gasteiger partial charge in [-0.2, -0.15) is 0 Å². The number of anilines is 2. The molecule has 1 heterocycles. The minimum atomic E-state index is -0.366. The van der Waals surface area contributed by atoms with E-state index < -0.39 is 0 Å². The molecule has 0 aromatic heterocycles. The lowest BCUT2D eigenvalue weighted by Crippen LogP contribution is -2.29. The lowest BCUT2D eigenvalue weighted by molar-refractivity contribution is -0.120. The van der Waals surface area contributed by atoms with Crippen molar-refractivity contribution >= 4 is 66.5 Å². The molecule has 2 aromatic carbocycles. The van der Waals surface area contributed by atoms with E-state index in [-0.39, 0.29) is 17.7 Å². The first-order valence-electron chi connectivity index (χ1n) is 8.03. The molecule has 27 heavy (non-hydrogen) atoms. The van der Waals surface area contributed by atoms with Crippen LogP contribution >= 0.6 is 25.3 Å². The van der Waals surface area contributed by atoms with Gasteiger partial charge in [0.25, 0.3) is 11.8 Å². The van der Waals surface area contributed by atoms with E-state index in [0.29, 0.717) is 21.2 Å². The zero-order chi connectivity index (χ0) is 19.6. The molecule has 0 bridgehead atoms. The maximum atomic E-state index is 11.8. The van der Waals surface area contributed by atoms with Gasteiger partial charge in [-0.15, -0.1) is 25.3 Å². The van der Waals surface area contributed by atoms with Gasteiger partial charge in [0.1, 0.15) is 0 Å². The van der Waals surface area contributed by atoms with Crippen molar-refractivity contribution in [1.29, 1.82) is 0 Å². The van der Waals surface area contributed by atoms with E-state index in [9.17, 15) is 14.4 Å². The van der Waals surface area contributed by atoms with Crippen molar-refractivity contribution in [3.05, 3.63) is 59.7 Å². The number of nitrogens with zero attached hydrogens (tertiary/aromatic N) is 1. The number of benzene rings is 2. The van der Waals surface area contributed by atoms with E-state index in [2.05, 4.69) is 30.6 Å². The molecule has 0 aliphatic carbocycles. The number of carbonyl (C=O) groups is 3. The molecule has 0 atom stereocenters. The largest absolute Gasteiger partial charge is 0.326 e. The highest BCUT2D eigenvalue weighted by Crippen LogP contribution is 2.27. The van der Waals surface area contributed by atoms with E-state index in [1.54, 1.807) is 30.3 Å². The maximum absolute atomic E-state index is 11.8. The number of hydrogen-bond acceptors (Lipinski definition) is 5. The number of nitrogens with one attached hydrogen (secondary N) is 1. The smallest absolute Gasteiger partial charge is 0.258 e. The molecule has 1 N–H and O–H groups in total. The van der Waals surface area contributed by atoms with Gasteiger partial charge >= 0.3 is 0 Å². The van der Waals surface area contributed by atoms with Crippen LogP contribution in [0.15, 0.2) is 58.3 Å². The van der Waals surface area contributed by atoms with E-state index in [0.717, 1.165) is 16.0 Å². The van der Waals surface area contributed by atoms with Crippen molar-refractivity contribution in [1.82, 2.24) is 0 Å². The quantitative estimate of drug-likeness (QED) is 0.418. The second-order valence-electron chi connectivity index (χ2n) is 5.88. The highest BCUT2D eigenvalue weighted by Gasteiger charge is 2.25. The number of thiol groups is 2. The van der Waals surface area contributed by atoms with Crippen LogP contribution in [0.4, 0.5) is 11.4 Å². The fraction of sp³-hybridized carbons (Fsp3) is 0.0500. The third-order valence-electron chi connectivity index (χ3n) is 3.87. The molecule has 7 heteroatoms. The predicted molar refractivity (Wildman–Crippen MR) is 112 cm³/mol. The Kier molecular flexibility index (Phi) is 5.53. The van der Waals surface area contributed by atoms with Crippen molar-refractivity contribution in [2.75, 3.05) is 10.2 Å². The molecule has 0 fully saturated rings. The molecular weight excluding hydrogens is 380 g/mol. The Morgan fingerprint density at radius 1 is 0.926 bits per heavy atom. The summed E-state index contributed by atoms with van der Waals surface area (Å²) in [4.78, 5) is 37.1. The van der Waals surface area contributed by atoms with Gasteiger partial charge in [0, 0.05) is 34.6 Å². The summed E-state index contributed by atoms with van der Waals surface area (Å²) in [7, 11) is 0. The van der Waals surface area contributed by atoms with Gasteiger partial charge in [0.15, 0.2) is 0 Å². The summed E-state index contributed by atoms with van der Waals surface area (Å²) < 4.78 is 0. The molecule has 1 aliphatic rings. The summed E-state index contributed by atoms with van der Waals surface area (Å²) in [6.07, 6.45) is 6.23. The summed E-state index contributed by atoms with van der Waals surface area (Å²) in [6.45, 7) is 1.45. The van der Waals surface area contributed by atoms with Gasteiger partial charge in [-0.25, -0.2) is 4.90 Å². The fourth-order valence-electron chi connectivity index (χ4n) is 2.61. The van der Waals surface area contributed by atoms with Gasteiger partial charge in [-0.3, -0.25) is 14.4 Å². The minimum absolute atomic E-state index is 0.143. The van der Waals surface area contributed by atoms with Crippen molar-refractivity contribution in [2.24, 2.45) is 0 Å². The maximum Gasteiger partial charge on any atom is 0.258 e. The first kappa shape index (κ1) is 19.0. The summed E-state index contributed by atoms with van der Waals surface area (Å²) in [5.74, 6) is -0.874. The molecule has 2 aromatic rings. The first-order valence-corrected chi connectivity index (χ1v) is 8.92. The Labute approximate surface area is 167 Å². The molecule has 3 rings (SSSR count). The molecule has 0 radical (unpaired) electrons. The van der Waals surface area contributed by atoms with Crippen LogP contribution in [0.1, 0.15) is 18.1 Å². The molecule has 3 amide bonds. The SMILES string of the molecule is CC(=O)Nc1ccc(C=Cc2ccc(N3C(=O)C=CC3=O)cc2S)c(S)c1. The molecule has 1 aliphatic heterocycles. The summed E-state index contributed by atoms with van der Waals surface area (Å²) in [6, 6.07) is 10.6. The van der Waals surface area contributed by atoms with Crippen molar-refractivity contribution in [3.63, 3.8) is 0 Å². The average Bonchev–Trinajstić information content (AvgIpc) is 2.93. The van der Waals surface area contributed by atoms with Crippen molar-refractivity contribution in [3.8, 4) is 0 Å². The first-order chi connectivity index (χ1) is 12.8. The Morgan fingerprint density at radius 3 is 2.00 bits per heavy atom. The van der Waals surface area contributed by atoms with E-state index >= 15 is 0 Å². The number of carbonyl (C=O) groups excluding carboxylic acids is 3. The number of hydrogen-bond donors (Lipinski definition) is 3. The van der Waals surface area contributed by atoms with Crippen molar-refractivity contribution in [2.45, 2.75) is 16.7 Å². The molecule has 0 spiro atoms. The standard InChI is InChI=1S/C20H16N2O3S2/c1-12(23)21-15-6-4-13(17(26)10-15)2-3-14-5-7-16(11-18(14)27)22-19(24)8-9-20(22)25/h2-11,26-27H,1H3,(H,21,23). The third kappa shape index (κ3) is 4.32. The molecule has 0 unspecified atom stereocenters. The Morgan fingerprint density at radius 2 is 1.48 bits per heavy atom. The van der Waals surface area contributed by atoms with Crippen LogP contribution in [0.5, 0.6) is 0 Å². The van der Waals surface area contributed by atoms with Gasteiger partial charge in [0.05, 0.1) is 5.69 Å². The van der Waals surface area contributed by atoms with Crippen LogP contribution in [-0.4, -0.2) is 17.7 Å². The third-order valence-corrected chi connectivity index (χ3v) is 4.65. The number of imide groups is 1. The lowest BCUT2D eigenvalue weighted by atomic mass is 10.1. The zero-order valence-corrected chi connectivity index (χ0v) is 16.1. The number of rotatable bonds is 4. The molecule has 0 saturated carbocycles. The Bertz CT molecular complexity index is 994. The zero-order valence-electron chi connectivity index (χ0n) is 14.3. The summed E-state index contributed by atoms with van der Waals surface area (Å²) in [5, 5.41) is 2.71. The van der Waals surface area contributed by atoms with Crippen LogP contribution in [0.2, 0.25) is 0 Å². The van der Waals surface area contributed by atoms with Crippen molar-refractivity contribution < 1.29 is 14.4 Å². The van der Waals surface area contributed by atoms with Gasteiger partial charge in [-0.05, 0) is 35.4 Å². The average molecular weight is 396 g/mol. The Hall–Kier alpha value is -2.77. The normalized spacial score (nSPS) is 13.7. The van der Waals surface area contributed by atoms with Crippen LogP contribution in [0.25, 0.3) is 12.2 Å². The van der Waals surface area contributed by atoms with Crippen LogP contribution in [0, 0.1) is 0 Å². The van der Waals surface area contributed by atoms with Crippen LogP contribution in [-0.2, 0) is 14.4 Å². The second kappa shape index (κ2) is 7.85. The molecule has 136 valence electrons. The summed E-state index contributed by atoms with van der Waals surface area (Å²) >= 11 is 8.91. The molecule has 5 nitrogen and oxygen atoms in total. The second-order valence-corrected chi connectivity index (χ2v) is 6.84. The van der Waals surface area contributed by atoms with Gasteiger partial charge in [0.2, 0.25) is 5.91 Å². The molecule has 0 saturated heterocycles. The van der Waals surface area contributed by atoms with E-state index in [1.165, 1.54) is 19.1 Å². The van der Waals surface area contributed by atoms with E-state index in [4.69, 9.17) is 0 Å². The highest BCUT2D eigenvalue weighted by molar-refractivity contribution is 7.80. The predicted octanol–water partition coefficient (Wildman–Crippen LogP) is 3.82. The van der Waals surface area contributed by atoms with Crippen LogP contribution in [0.3, 0.4) is 0 Å². The van der Waals surface area contributed by atoms with Crippen LogP contribution < -0.4 is 10.2 Å². The lowest BCUT2D eigenvalue weighted by Gasteiger charge is -2.15. The van der Waals surface area contributed by atoms with Gasteiger partial charge in [-0.1, -0.05) is 24.3 Å².